The van der Waals surface area contributed by atoms with E-state index in [-0.39, 0.29) is 12.0 Å². The monoisotopic (exact) mass is 392 g/mol. The van der Waals surface area contributed by atoms with Crippen molar-refractivity contribution in [2.24, 2.45) is 0 Å². The number of amides is 1. The van der Waals surface area contributed by atoms with Crippen molar-refractivity contribution < 1.29 is 14.3 Å². The number of ether oxygens (including phenoxy) is 2. The summed E-state index contributed by atoms with van der Waals surface area (Å²) in [7, 11) is 1.63. The molecule has 1 aliphatic heterocycles. The second-order valence-electron chi connectivity index (χ2n) is 7.14. The van der Waals surface area contributed by atoms with Crippen LogP contribution in [0.25, 0.3) is 11.3 Å². The Bertz CT molecular complexity index is 976. The second-order valence-corrected chi connectivity index (χ2v) is 7.14. The molecule has 3 heterocycles. The van der Waals surface area contributed by atoms with Gasteiger partial charge in [0.05, 0.1) is 19.0 Å². The molecule has 29 heavy (non-hydrogen) atoms. The van der Waals surface area contributed by atoms with Gasteiger partial charge in [0, 0.05) is 37.2 Å². The zero-order valence-corrected chi connectivity index (χ0v) is 16.6. The van der Waals surface area contributed by atoms with E-state index in [0.29, 0.717) is 18.8 Å². The molecule has 2 aromatic heterocycles. The molecule has 0 aliphatic carbocycles. The number of benzene rings is 1. The largest absolute Gasteiger partial charge is 0.497 e. The highest BCUT2D eigenvalue weighted by Crippen LogP contribution is 2.24. The third-order valence-corrected chi connectivity index (χ3v) is 5.09. The summed E-state index contributed by atoms with van der Waals surface area (Å²) >= 11 is 0. The summed E-state index contributed by atoms with van der Waals surface area (Å²) in [6.07, 6.45) is 3.42. The Balaban J connectivity index is 1.36. The van der Waals surface area contributed by atoms with Crippen LogP contribution in [-0.4, -0.2) is 52.3 Å². The lowest BCUT2D eigenvalue weighted by Crippen LogP contribution is -2.41. The van der Waals surface area contributed by atoms with Crippen LogP contribution < -0.4 is 9.47 Å². The number of aryl methyl sites for hydroxylation is 1. The van der Waals surface area contributed by atoms with Crippen molar-refractivity contribution in [1.29, 1.82) is 0 Å². The Labute approximate surface area is 169 Å². The average molecular weight is 392 g/mol. The fourth-order valence-corrected chi connectivity index (χ4v) is 3.43. The molecule has 1 N–H and O–H groups in total. The van der Waals surface area contributed by atoms with E-state index < -0.39 is 0 Å². The number of hydrogen-bond donors (Lipinski definition) is 1. The first kappa shape index (κ1) is 19.0. The van der Waals surface area contributed by atoms with Gasteiger partial charge in [0.2, 0.25) is 0 Å². The Kier molecular flexibility index (Phi) is 5.46. The number of carbonyl (C=O) groups is 1. The van der Waals surface area contributed by atoms with Gasteiger partial charge in [-0.3, -0.25) is 14.9 Å². The lowest BCUT2D eigenvalue weighted by molar-refractivity contribution is 0.0589. The van der Waals surface area contributed by atoms with Crippen LogP contribution in [0, 0.1) is 6.92 Å². The third kappa shape index (κ3) is 4.39. The van der Waals surface area contributed by atoms with Gasteiger partial charge in [-0.15, -0.1) is 0 Å². The first-order valence-corrected chi connectivity index (χ1v) is 9.71. The summed E-state index contributed by atoms with van der Waals surface area (Å²) in [5, 5.41) is 7.17. The highest BCUT2D eigenvalue weighted by atomic mass is 16.5. The van der Waals surface area contributed by atoms with Crippen molar-refractivity contribution in [1.82, 2.24) is 20.1 Å². The maximum absolute atomic E-state index is 12.8. The van der Waals surface area contributed by atoms with Crippen LogP contribution in [0.4, 0.5) is 0 Å². The summed E-state index contributed by atoms with van der Waals surface area (Å²) in [5.41, 5.74) is 3.08. The molecule has 0 atom stereocenters. The number of pyridine rings is 1. The van der Waals surface area contributed by atoms with Crippen molar-refractivity contribution >= 4 is 5.91 Å². The maximum Gasteiger partial charge on any atom is 0.271 e. The Morgan fingerprint density at radius 1 is 1.14 bits per heavy atom. The van der Waals surface area contributed by atoms with E-state index in [1.807, 2.05) is 48.2 Å². The number of aromatic nitrogens is 3. The predicted molar refractivity (Wildman–Crippen MR) is 109 cm³/mol. The third-order valence-electron chi connectivity index (χ3n) is 5.09. The molecule has 1 saturated heterocycles. The van der Waals surface area contributed by atoms with E-state index >= 15 is 0 Å². The van der Waals surface area contributed by atoms with Gasteiger partial charge in [-0.2, -0.15) is 5.10 Å². The molecule has 7 nitrogen and oxygen atoms in total. The summed E-state index contributed by atoms with van der Waals surface area (Å²) in [4.78, 5) is 18.9. The topological polar surface area (TPSA) is 80.3 Å². The van der Waals surface area contributed by atoms with Crippen molar-refractivity contribution in [3.63, 3.8) is 0 Å². The van der Waals surface area contributed by atoms with E-state index in [0.717, 1.165) is 41.3 Å². The molecule has 1 aliphatic rings. The number of methoxy groups -OCH3 is 1. The molecule has 3 aromatic rings. The summed E-state index contributed by atoms with van der Waals surface area (Å²) in [5.74, 6) is 1.49. The van der Waals surface area contributed by atoms with Crippen LogP contribution in [-0.2, 0) is 0 Å². The first-order chi connectivity index (χ1) is 14.1. The molecule has 0 unspecified atom stereocenters. The molecule has 0 radical (unpaired) electrons. The minimum Gasteiger partial charge on any atom is -0.497 e. The van der Waals surface area contributed by atoms with E-state index in [9.17, 15) is 4.79 Å². The van der Waals surface area contributed by atoms with Crippen molar-refractivity contribution in [3.8, 4) is 22.8 Å². The Morgan fingerprint density at radius 2 is 1.97 bits per heavy atom. The van der Waals surface area contributed by atoms with Gasteiger partial charge >= 0.3 is 0 Å². The molecule has 1 aromatic carbocycles. The Hall–Kier alpha value is -3.35. The number of likely N-dealkylation sites (tertiary alicyclic amines) is 1. The summed E-state index contributed by atoms with van der Waals surface area (Å²) in [6.45, 7) is 3.25. The van der Waals surface area contributed by atoms with Gasteiger partial charge in [-0.05, 0) is 37.3 Å². The van der Waals surface area contributed by atoms with Crippen molar-refractivity contribution in [3.05, 3.63) is 60.0 Å². The fraction of sp³-hybridized carbons (Fsp3) is 0.318. The highest BCUT2D eigenvalue weighted by molar-refractivity contribution is 5.93. The Morgan fingerprint density at radius 3 is 2.69 bits per heavy atom. The molecule has 0 bridgehead atoms. The number of hydrogen-bond acceptors (Lipinski definition) is 5. The lowest BCUT2D eigenvalue weighted by Gasteiger charge is -2.31. The van der Waals surface area contributed by atoms with Crippen LogP contribution in [0.3, 0.4) is 0 Å². The van der Waals surface area contributed by atoms with E-state index in [2.05, 4.69) is 15.2 Å². The van der Waals surface area contributed by atoms with Gasteiger partial charge in [0.15, 0.2) is 0 Å². The lowest BCUT2D eigenvalue weighted by atomic mass is 10.1. The van der Waals surface area contributed by atoms with Gasteiger partial charge in [-0.25, -0.2) is 0 Å². The first-order valence-electron chi connectivity index (χ1n) is 9.71. The SMILES string of the molecule is COc1cccc(-c2cc(C(=O)N3CCC(Oc4ccc(C)nc4)CC3)[nH]n2)c1. The van der Waals surface area contributed by atoms with Crippen LogP contribution >= 0.6 is 0 Å². The molecule has 7 heteroatoms. The maximum atomic E-state index is 12.8. The van der Waals surface area contributed by atoms with Crippen LogP contribution in [0.2, 0.25) is 0 Å². The molecule has 0 spiro atoms. The number of rotatable bonds is 5. The molecule has 1 amide bonds. The smallest absolute Gasteiger partial charge is 0.271 e. The predicted octanol–water partition coefficient (Wildman–Crippen LogP) is 3.47. The van der Waals surface area contributed by atoms with Crippen molar-refractivity contribution in [2.45, 2.75) is 25.9 Å². The molecule has 4 rings (SSSR count). The zero-order valence-electron chi connectivity index (χ0n) is 16.6. The van der Waals surface area contributed by atoms with Crippen molar-refractivity contribution in [2.75, 3.05) is 20.2 Å². The van der Waals surface area contributed by atoms with Gasteiger partial charge < -0.3 is 14.4 Å². The molecular formula is C22H24N4O3. The number of nitrogens with zero attached hydrogens (tertiary/aromatic N) is 3. The second kappa shape index (κ2) is 8.34. The molecule has 0 saturated carbocycles. The summed E-state index contributed by atoms with van der Waals surface area (Å²) < 4.78 is 11.3. The van der Waals surface area contributed by atoms with Gasteiger partial charge in [-0.1, -0.05) is 12.1 Å². The van der Waals surface area contributed by atoms with Gasteiger partial charge in [0.25, 0.3) is 5.91 Å². The number of aromatic amines is 1. The number of carbonyl (C=O) groups excluding carboxylic acids is 1. The van der Waals surface area contributed by atoms with E-state index in [1.165, 1.54) is 0 Å². The highest BCUT2D eigenvalue weighted by Gasteiger charge is 2.26. The van der Waals surface area contributed by atoms with E-state index in [4.69, 9.17) is 9.47 Å². The minimum atomic E-state index is -0.0397. The molecular weight excluding hydrogens is 368 g/mol. The zero-order chi connectivity index (χ0) is 20.2. The standard InChI is InChI=1S/C22H24N4O3/c1-15-6-7-19(14-23-15)29-17-8-10-26(11-9-17)22(27)21-13-20(24-25-21)16-4-3-5-18(12-16)28-2/h3-7,12-14,17H,8-11H2,1-2H3,(H,24,25). The quantitative estimate of drug-likeness (QED) is 0.719. The van der Waals surface area contributed by atoms with Gasteiger partial charge in [0.1, 0.15) is 23.3 Å². The molecule has 1 fully saturated rings. The average Bonchev–Trinajstić information content (AvgIpc) is 3.26. The fourth-order valence-electron chi connectivity index (χ4n) is 3.43. The van der Waals surface area contributed by atoms with Crippen LogP contribution in [0.5, 0.6) is 11.5 Å². The van der Waals surface area contributed by atoms with Crippen LogP contribution in [0.1, 0.15) is 29.0 Å². The van der Waals surface area contributed by atoms with Crippen LogP contribution in [0.15, 0.2) is 48.7 Å². The number of nitrogens with one attached hydrogen (secondary N) is 1. The van der Waals surface area contributed by atoms with E-state index in [1.54, 1.807) is 19.4 Å². The molecule has 150 valence electrons. The summed E-state index contributed by atoms with van der Waals surface area (Å²) in [6, 6.07) is 13.3. The normalized spacial score (nSPS) is 14.6. The number of piperidine rings is 1. The minimum absolute atomic E-state index is 0.0397. The number of H-pyrrole nitrogens is 1.